The maximum absolute atomic E-state index is 13.4. The molecule has 0 fully saturated rings. The molecule has 16 heavy (non-hydrogen) atoms. The van der Waals surface area contributed by atoms with E-state index < -0.39 is 11.6 Å². The number of hydrogen-bond donors (Lipinski definition) is 1. The maximum Gasteiger partial charge on any atom is 0.180 e. The third-order valence-electron chi connectivity index (χ3n) is 2.29. The molecule has 0 bridgehead atoms. The predicted octanol–water partition coefficient (Wildman–Crippen LogP) is 2.90. The second-order valence-electron chi connectivity index (χ2n) is 3.45. The zero-order chi connectivity index (χ0) is 11.7. The van der Waals surface area contributed by atoms with Gasteiger partial charge in [-0.1, -0.05) is 12.1 Å². The number of thiazole rings is 1. The van der Waals surface area contributed by atoms with Crippen LogP contribution in [0.1, 0.15) is 16.1 Å². The summed E-state index contributed by atoms with van der Waals surface area (Å²) in [6.07, 6.45) is 0.324. The van der Waals surface area contributed by atoms with Crippen molar-refractivity contribution in [1.82, 2.24) is 4.98 Å². The van der Waals surface area contributed by atoms with Crippen LogP contribution in [0.4, 0.5) is 13.9 Å². The summed E-state index contributed by atoms with van der Waals surface area (Å²) in [6.45, 7) is 1.80. The van der Waals surface area contributed by atoms with Crippen LogP contribution < -0.4 is 5.73 Å². The minimum atomic E-state index is -0.826. The van der Waals surface area contributed by atoms with Crippen molar-refractivity contribution in [2.24, 2.45) is 0 Å². The molecule has 0 aliphatic carbocycles. The van der Waals surface area contributed by atoms with E-state index in [4.69, 9.17) is 5.73 Å². The van der Waals surface area contributed by atoms with Crippen LogP contribution in [0.5, 0.6) is 0 Å². The van der Waals surface area contributed by atoms with Gasteiger partial charge >= 0.3 is 0 Å². The monoisotopic (exact) mass is 240 g/mol. The fraction of sp³-hybridized carbons (Fsp3) is 0.182. The van der Waals surface area contributed by atoms with E-state index in [1.165, 1.54) is 17.4 Å². The van der Waals surface area contributed by atoms with Gasteiger partial charge in [-0.3, -0.25) is 0 Å². The molecule has 2 nitrogen and oxygen atoms in total. The normalized spacial score (nSPS) is 10.7. The molecule has 2 rings (SSSR count). The van der Waals surface area contributed by atoms with Gasteiger partial charge in [0, 0.05) is 11.3 Å². The fourth-order valence-electron chi connectivity index (χ4n) is 1.47. The highest BCUT2D eigenvalue weighted by Gasteiger charge is 2.11. The Hall–Kier alpha value is -1.49. The summed E-state index contributed by atoms with van der Waals surface area (Å²) in [6, 6.07) is 4.16. The van der Waals surface area contributed by atoms with Crippen molar-refractivity contribution in [2.75, 3.05) is 5.73 Å². The highest BCUT2D eigenvalue weighted by atomic mass is 32.1. The second-order valence-corrected chi connectivity index (χ2v) is 4.57. The van der Waals surface area contributed by atoms with Crippen molar-refractivity contribution in [3.63, 3.8) is 0 Å². The van der Waals surface area contributed by atoms with Crippen LogP contribution in [0.2, 0.25) is 0 Å². The molecule has 0 unspecified atom stereocenters. The van der Waals surface area contributed by atoms with Gasteiger partial charge in [0.1, 0.15) is 0 Å². The Bertz CT molecular complexity index is 523. The Balaban J connectivity index is 2.34. The van der Waals surface area contributed by atoms with Gasteiger partial charge in [-0.05, 0) is 18.6 Å². The van der Waals surface area contributed by atoms with Gasteiger partial charge in [-0.15, -0.1) is 11.3 Å². The zero-order valence-corrected chi connectivity index (χ0v) is 9.44. The predicted molar refractivity (Wildman–Crippen MR) is 60.4 cm³/mol. The van der Waals surface area contributed by atoms with Gasteiger partial charge in [0.05, 0.1) is 5.69 Å². The second kappa shape index (κ2) is 4.17. The topological polar surface area (TPSA) is 38.9 Å². The van der Waals surface area contributed by atoms with Gasteiger partial charge in [0.15, 0.2) is 16.8 Å². The van der Waals surface area contributed by atoms with E-state index in [-0.39, 0.29) is 0 Å². The van der Waals surface area contributed by atoms with Crippen LogP contribution >= 0.6 is 11.3 Å². The molecule has 0 aliphatic rings. The quantitative estimate of drug-likeness (QED) is 0.876. The molecule has 84 valence electrons. The highest BCUT2D eigenvalue weighted by molar-refractivity contribution is 7.15. The maximum atomic E-state index is 13.4. The van der Waals surface area contributed by atoms with E-state index in [1.807, 2.05) is 0 Å². The van der Waals surface area contributed by atoms with Crippen LogP contribution in [-0.2, 0) is 6.42 Å². The van der Waals surface area contributed by atoms with Crippen LogP contribution in [-0.4, -0.2) is 4.98 Å². The molecule has 0 spiro atoms. The molecule has 0 radical (unpaired) electrons. The number of nitrogen functional groups attached to an aromatic ring is 1. The third kappa shape index (κ3) is 2.04. The summed E-state index contributed by atoms with van der Waals surface area (Å²) in [5.74, 6) is -1.62. The number of nitrogens with zero attached hydrogens (tertiary/aromatic N) is 1. The molecule has 0 saturated heterocycles. The summed E-state index contributed by atoms with van der Waals surface area (Å²) in [4.78, 5) is 4.90. The first kappa shape index (κ1) is 11.0. The lowest BCUT2D eigenvalue weighted by atomic mass is 10.1. The number of anilines is 1. The molecule has 2 aromatic rings. The number of halogens is 2. The number of aryl methyl sites for hydroxylation is 1. The summed E-state index contributed by atoms with van der Waals surface area (Å²) in [5.41, 5.74) is 6.64. The van der Waals surface area contributed by atoms with Crippen molar-refractivity contribution in [2.45, 2.75) is 13.3 Å². The average Bonchev–Trinajstić information content (AvgIpc) is 2.53. The minimum Gasteiger partial charge on any atom is -0.375 e. The number of nitrogens with two attached hydrogens (primary N) is 1. The number of benzene rings is 1. The summed E-state index contributed by atoms with van der Waals surface area (Å²) in [5, 5.41) is 0.448. The number of aromatic nitrogens is 1. The van der Waals surface area contributed by atoms with E-state index in [9.17, 15) is 8.78 Å². The fourth-order valence-corrected chi connectivity index (χ4v) is 2.33. The van der Waals surface area contributed by atoms with Gasteiger partial charge < -0.3 is 5.73 Å². The zero-order valence-electron chi connectivity index (χ0n) is 8.63. The summed E-state index contributed by atoms with van der Waals surface area (Å²) >= 11 is 1.30. The van der Waals surface area contributed by atoms with Crippen molar-refractivity contribution in [3.05, 3.63) is 46.0 Å². The van der Waals surface area contributed by atoms with Crippen molar-refractivity contribution in [1.29, 1.82) is 0 Å². The minimum absolute atomic E-state index is 0.324. The molecule has 1 aromatic heterocycles. The van der Waals surface area contributed by atoms with E-state index in [0.717, 1.165) is 16.6 Å². The van der Waals surface area contributed by atoms with Crippen LogP contribution in [0.15, 0.2) is 18.2 Å². The lowest BCUT2D eigenvalue weighted by Gasteiger charge is -2.02. The first-order valence-corrected chi connectivity index (χ1v) is 5.54. The SMILES string of the molecule is Cc1nc(N)sc1Cc1cccc(F)c1F. The lowest BCUT2D eigenvalue weighted by Crippen LogP contribution is -1.95. The Morgan fingerprint density at radius 3 is 2.75 bits per heavy atom. The Kier molecular flexibility index (Phi) is 2.87. The van der Waals surface area contributed by atoms with Gasteiger partial charge in [-0.2, -0.15) is 0 Å². The number of rotatable bonds is 2. The van der Waals surface area contributed by atoms with E-state index in [0.29, 0.717) is 17.1 Å². The van der Waals surface area contributed by atoms with Gasteiger partial charge in [-0.25, -0.2) is 13.8 Å². The standard InChI is InChI=1S/C11H10F2N2S/c1-6-9(16-11(14)15-6)5-7-3-2-4-8(12)10(7)13/h2-4H,5H2,1H3,(H2,14,15). The van der Waals surface area contributed by atoms with Crippen molar-refractivity contribution >= 4 is 16.5 Å². The molecular formula is C11H10F2N2S. The first-order chi connectivity index (χ1) is 7.58. The molecule has 0 amide bonds. The lowest BCUT2D eigenvalue weighted by molar-refractivity contribution is 0.501. The Morgan fingerprint density at radius 1 is 1.38 bits per heavy atom. The summed E-state index contributed by atoms with van der Waals surface area (Å²) < 4.78 is 26.4. The molecule has 0 atom stereocenters. The van der Waals surface area contributed by atoms with Crippen molar-refractivity contribution < 1.29 is 8.78 Å². The molecule has 0 aliphatic heterocycles. The smallest absolute Gasteiger partial charge is 0.180 e. The Morgan fingerprint density at radius 2 is 2.12 bits per heavy atom. The molecule has 0 saturated carbocycles. The molecule has 1 aromatic carbocycles. The molecular weight excluding hydrogens is 230 g/mol. The van der Waals surface area contributed by atoms with Crippen LogP contribution in [0.3, 0.4) is 0 Å². The highest BCUT2D eigenvalue weighted by Crippen LogP contribution is 2.24. The Labute approximate surface area is 95.7 Å². The molecule has 2 N–H and O–H groups in total. The number of hydrogen-bond acceptors (Lipinski definition) is 3. The molecule has 5 heteroatoms. The van der Waals surface area contributed by atoms with Crippen LogP contribution in [0.25, 0.3) is 0 Å². The van der Waals surface area contributed by atoms with Gasteiger partial charge in [0.25, 0.3) is 0 Å². The van der Waals surface area contributed by atoms with Crippen molar-refractivity contribution in [3.8, 4) is 0 Å². The largest absolute Gasteiger partial charge is 0.375 e. The van der Waals surface area contributed by atoms with Crippen LogP contribution in [0, 0.1) is 18.6 Å². The first-order valence-electron chi connectivity index (χ1n) is 4.72. The van der Waals surface area contributed by atoms with E-state index >= 15 is 0 Å². The van der Waals surface area contributed by atoms with Gasteiger partial charge in [0.2, 0.25) is 0 Å². The summed E-state index contributed by atoms with van der Waals surface area (Å²) in [7, 11) is 0. The average molecular weight is 240 g/mol. The third-order valence-corrected chi connectivity index (χ3v) is 3.28. The van der Waals surface area contributed by atoms with E-state index in [2.05, 4.69) is 4.98 Å². The molecule has 1 heterocycles. The van der Waals surface area contributed by atoms with E-state index in [1.54, 1.807) is 13.0 Å².